The topological polar surface area (TPSA) is 41.8 Å². The molecule has 0 spiro atoms. The highest BCUT2D eigenvalue weighted by molar-refractivity contribution is 9.10. The minimum Gasteiger partial charge on any atom is -0.356 e. The SMILES string of the molecule is NCc1[nH]c2ccc(Br)cc2c1Cl. The molecule has 4 heteroatoms. The summed E-state index contributed by atoms with van der Waals surface area (Å²) in [6.45, 7) is 0.436. The molecule has 1 aromatic carbocycles. The van der Waals surface area contributed by atoms with Crippen molar-refractivity contribution < 1.29 is 0 Å². The van der Waals surface area contributed by atoms with Crippen molar-refractivity contribution in [3.63, 3.8) is 0 Å². The van der Waals surface area contributed by atoms with E-state index in [4.69, 9.17) is 17.3 Å². The van der Waals surface area contributed by atoms with E-state index >= 15 is 0 Å². The van der Waals surface area contributed by atoms with Gasteiger partial charge in [-0.1, -0.05) is 27.5 Å². The fourth-order valence-corrected chi connectivity index (χ4v) is 1.97. The second-order valence-electron chi connectivity index (χ2n) is 2.81. The molecule has 1 aromatic heterocycles. The Labute approximate surface area is 89.2 Å². The fourth-order valence-electron chi connectivity index (χ4n) is 1.33. The molecule has 0 atom stereocenters. The van der Waals surface area contributed by atoms with Crippen LogP contribution < -0.4 is 5.73 Å². The van der Waals surface area contributed by atoms with Gasteiger partial charge in [0.25, 0.3) is 0 Å². The van der Waals surface area contributed by atoms with Gasteiger partial charge in [0, 0.05) is 27.6 Å². The summed E-state index contributed by atoms with van der Waals surface area (Å²) >= 11 is 9.49. The predicted octanol–water partition coefficient (Wildman–Crippen LogP) is 3.04. The summed E-state index contributed by atoms with van der Waals surface area (Å²) in [5.74, 6) is 0. The molecule has 0 radical (unpaired) electrons. The molecule has 0 bridgehead atoms. The van der Waals surface area contributed by atoms with E-state index in [1.807, 2.05) is 18.2 Å². The molecule has 13 heavy (non-hydrogen) atoms. The molecule has 2 rings (SSSR count). The Balaban J connectivity index is 2.77. The summed E-state index contributed by atoms with van der Waals surface area (Å²) in [7, 11) is 0. The monoisotopic (exact) mass is 258 g/mol. The first-order valence-corrected chi connectivity index (χ1v) is 5.05. The highest BCUT2D eigenvalue weighted by atomic mass is 79.9. The average molecular weight is 260 g/mol. The Morgan fingerprint density at radius 1 is 1.46 bits per heavy atom. The quantitative estimate of drug-likeness (QED) is 0.812. The van der Waals surface area contributed by atoms with Crippen molar-refractivity contribution in [2.75, 3.05) is 0 Å². The van der Waals surface area contributed by atoms with Gasteiger partial charge in [0.2, 0.25) is 0 Å². The second kappa shape index (κ2) is 3.33. The molecule has 0 amide bonds. The number of aromatic nitrogens is 1. The lowest BCUT2D eigenvalue weighted by Crippen LogP contribution is -1.96. The van der Waals surface area contributed by atoms with Crippen LogP contribution in [-0.2, 0) is 6.54 Å². The van der Waals surface area contributed by atoms with Gasteiger partial charge in [-0.15, -0.1) is 0 Å². The number of hydrogen-bond acceptors (Lipinski definition) is 1. The number of fused-ring (bicyclic) bond motifs is 1. The standard InChI is InChI=1S/C9H8BrClN2/c10-5-1-2-7-6(3-5)9(11)8(4-12)13-7/h1-3,13H,4,12H2. The number of aromatic amines is 1. The molecule has 0 unspecified atom stereocenters. The zero-order chi connectivity index (χ0) is 9.42. The number of H-pyrrole nitrogens is 1. The molecule has 0 aliphatic carbocycles. The van der Waals surface area contributed by atoms with E-state index in [2.05, 4.69) is 20.9 Å². The Morgan fingerprint density at radius 3 is 2.92 bits per heavy atom. The zero-order valence-corrected chi connectivity index (χ0v) is 9.11. The molecule has 0 saturated heterocycles. The summed E-state index contributed by atoms with van der Waals surface area (Å²) in [6, 6.07) is 5.92. The van der Waals surface area contributed by atoms with Crippen molar-refractivity contribution in [2.45, 2.75) is 6.54 Å². The number of halogens is 2. The molecule has 2 aromatic rings. The minimum absolute atomic E-state index is 0.436. The van der Waals surface area contributed by atoms with E-state index in [0.717, 1.165) is 26.1 Å². The van der Waals surface area contributed by atoms with Crippen LogP contribution in [0.15, 0.2) is 22.7 Å². The van der Waals surface area contributed by atoms with Crippen LogP contribution in [0.3, 0.4) is 0 Å². The van der Waals surface area contributed by atoms with Crippen LogP contribution >= 0.6 is 27.5 Å². The van der Waals surface area contributed by atoms with Crippen LogP contribution in [0, 0.1) is 0 Å². The average Bonchev–Trinajstić information content (AvgIpc) is 2.44. The first-order valence-electron chi connectivity index (χ1n) is 3.88. The second-order valence-corrected chi connectivity index (χ2v) is 4.11. The number of benzene rings is 1. The van der Waals surface area contributed by atoms with Gasteiger partial charge >= 0.3 is 0 Å². The Morgan fingerprint density at radius 2 is 2.23 bits per heavy atom. The lowest BCUT2D eigenvalue weighted by molar-refractivity contribution is 1.02. The normalized spacial score (nSPS) is 11.0. The van der Waals surface area contributed by atoms with Gasteiger partial charge in [-0.3, -0.25) is 0 Å². The van der Waals surface area contributed by atoms with Crippen LogP contribution in [0.4, 0.5) is 0 Å². The third kappa shape index (κ3) is 1.47. The Hall–Kier alpha value is -0.510. The summed E-state index contributed by atoms with van der Waals surface area (Å²) in [4.78, 5) is 3.16. The largest absolute Gasteiger partial charge is 0.356 e. The van der Waals surface area contributed by atoms with Crippen LogP contribution in [-0.4, -0.2) is 4.98 Å². The molecule has 0 aliphatic heterocycles. The maximum absolute atomic E-state index is 6.10. The van der Waals surface area contributed by atoms with Crippen LogP contribution in [0.25, 0.3) is 10.9 Å². The highest BCUT2D eigenvalue weighted by Crippen LogP contribution is 2.29. The van der Waals surface area contributed by atoms with E-state index in [1.165, 1.54) is 0 Å². The van der Waals surface area contributed by atoms with E-state index in [-0.39, 0.29) is 0 Å². The zero-order valence-electron chi connectivity index (χ0n) is 6.77. The number of nitrogens with two attached hydrogens (primary N) is 1. The van der Waals surface area contributed by atoms with Crippen LogP contribution in [0.5, 0.6) is 0 Å². The third-order valence-electron chi connectivity index (χ3n) is 1.97. The number of hydrogen-bond donors (Lipinski definition) is 2. The first-order chi connectivity index (χ1) is 6.22. The van der Waals surface area contributed by atoms with Crippen LogP contribution in [0.2, 0.25) is 5.02 Å². The maximum Gasteiger partial charge on any atom is 0.0705 e. The summed E-state index contributed by atoms with van der Waals surface area (Å²) < 4.78 is 1.02. The maximum atomic E-state index is 6.10. The van der Waals surface area contributed by atoms with E-state index < -0.39 is 0 Å². The summed E-state index contributed by atoms with van der Waals surface area (Å²) in [5.41, 5.74) is 7.43. The van der Waals surface area contributed by atoms with Gasteiger partial charge in [0.05, 0.1) is 5.02 Å². The van der Waals surface area contributed by atoms with Gasteiger partial charge in [0.1, 0.15) is 0 Å². The molecule has 0 fully saturated rings. The molecular weight excluding hydrogens is 251 g/mol. The molecule has 0 aliphatic rings. The van der Waals surface area contributed by atoms with E-state index in [1.54, 1.807) is 0 Å². The van der Waals surface area contributed by atoms with Crippen molar-refractivity contribution >= 4 is 38.4 Å². The summed E-state index contributed by atoms with van der Waals surface area (Å²) in [6.07, 6.45) is 0. The number of rotatable bonds is 1. The smallest absolute Gasteiger partial charge is 0.0705 e. The summed E-state index contributed by atoms with van der Waals surface area (Å²) in [5, 5.41) is 1.73. The van der Waals surface area contributed by atoms with Crippen molar-refractivity contribution in [1.82, 2.24) is 4.98 Å². The first kappa shape index (κ1) is 9.06. The van der Waals surface area contributed by atoms with Crippen LogP contribution in [0.1, 0.15) is 5.69 Å². The van der Waals surface area contributed by atoms with Crippen molar-refractivity contribution in [3.05, 3.63) is 33.4 Å². The molecular formula is C9H8BrClN2. The van der Waals surface area contributed by atoms with Gasteiger partial charge in [-0.05, 0) is 18.2 Å². The Bertz CT molecular complexity index is 450. The van der Waals surface area contributed by atoms with Crippen molar-refractivity contribution in [1.29, 1.82) is 0 Å². The van der Waals surface area contributed by atoms with Crippen molar-refractivity contribution in [3.8, 4) is 0 Å². The lowest BCUT2D eigenvalue weighted by atomic mass is 10.2. The fraction of sp³-hybridized carbons (Fsp3) is 0.111. The van der Waals surface area contributed by atoms with Gasteiger partial charge in [0.15, 0.2) is 0 Å². The van der Waals surface area contributed by atoms with E-state index in [0.29, 0.717) is 6.54 Å². The molecule has 0 saturated carbocycles. The Kier molecular flexibility index (Phi) is 2.32. The predicted molar refractivity (Wildman–Crippen MR) is 58.9 cm³/mol. The van der Waals surface area contributed by atoms with Gasteiger partial charge in [-0.2, -0.15) is 0 Å². The minimum atomic E-state index is 0.436. The molecule has 1 heterocycles. The third-order valence-corrected chi connectivity index (χ3v) is 2.90. The molecule has 3 N–H and O–H groups in total. The van der Waals surface area contributed by atoms with Gasteiger partial charge < -0.3 is 10.7 Å². The molecule has 2 nitrogen and oxygen atoms in total. The molecule has 68 valence electrons. The van der Waals surface area contributed by atoms with Gasteiger partial charge in [-0.25, -0.2) is 0 Å². The van der Waals surface area contributed by atoms with E-state index in [9.17, 15) is 0 Å². The number of nitrogens with one attached hydrogen (secondary N) is 1. The lowest BCUT2D eigenvalue weighted by Gasteiger charge is -1.91. The highest BCUT2D eigenvalue weighted by Gasteiger charge is 2.07. The van der Waals surface area contributed by atoms with Crippen molar-refractivity contribution in [2.24, 2.45) is 5.73 Å².